The van der Waals surface area contributed by atoms with Crippen molar-refractivity contribution in [2.45, 2.75) is 0 Å². The van der Waals surface area contributed by atoms with E-state index < -0.39 is 11.1 Å². The maximum absolute atomic E-state index is 11.8. The van der Waals surface area contributed by atoms with Gasteiger partial charge in [0, 0.05) is 14.1 Å². The topological polar surface area (TPSA) is 116 Å². The minimum absolute atomic E-state index is 0.0655. The van der Waals surface area contributed by atoms with Crippen molar-refractivity contribution < 1.29 is 10.2 Å². The highest BCUT2D eigenvalue weighted by atomic mass is 32.1. The number of H-pyrrole nitrogens is 2. The van der Waals surface area contributed by atoms with Crippen LogP contribution in [-0.2, 0) is 14.1 Å². The summed E-state index contributed by atoms with van der Waals surface area (Å²) in [4.78, 5) is 28.3. The fourth-order valence-corrected chi connectivity index (χ4v) is 2.08. The van der Waals surface area contributed by atoms with E-state index in [1.807, 2.05) is 0 Å². The number of aromatic amines is 2. The minimum atomic E-state index is -0.601. The average molecular weight is 352 g/mol. The highest BCUT2D eigenvalue weighted by molar-refractivity contribution is 7.71. The summed E-state index contributed by atoms with van der Waals surface area (Å²) in [7, 11) is 2.96. The van der Waals surface area contributed by atoms with Gasteiger partial charge in [-0.2, -0.15) is 0 Å². The zero-order valence-electron chi connectivity index (χ0n) is 12.1. The van der Waals surface area contributed by atoms with Gasteiger partial charge in [-0.25, -0.2) is 0 Å². The SMILES string of the molecule is Cn1c(O)c(C=C=Cc2c(O)n(C)c(=S)[nH]c2=O)c(=O)[nH]c1=S. The van der Waals surface area contributed by atoms with Gasteiger partial charge in [-0.15, -0.1) is 5.73 Å². The smallest absolute Gasteiger partial charge is 0.263 e. The van der Waals surface area contributed by atoms with E-state index in [-0.39, 0.29) is 32.4 Å². The first kappa shape index (κ1) is 16.7. The molecule has 23 heavy (non-hydrogen) atoms. The Labute approximate surface area is 139 Å². The number of nitrogens with one attached hydrogen (secondary N) is 2. The lowest BCUT2D eigenvalue weighted by Crippen LogP contribution is -2.15. The Balaban J connectivity index is 2.62. The Morgan fingerprint density at radius 3 is 1.61 bits per heavy atom. The lowest BCUT2D eigenvalue weighted by atomic mass is 10.2. The molecule has 0 fully saturated rings. The number of hydrogen-bond donors (Lipinski definition) is 4. The zero-order valence-corrected chi connectivity index (χ0v) is 13.7. The summed E-state index contributed by atoms with van der Waals surface area (Å²) in [5, 5.41) is 19.8. The van der Waals surface area contributed by atoms with E-state index in [1.54, 1.807) is 0 Å². The molecule has 0 spiro atoms. The Morgan fingerprint density at radius 1 is 0.913 bits per heavy atom. The normalized spacial score (nSPS) is 10.2. The summed E-state index contributed by atoms with van der Waals surface area (Å²) in [6, 6.07) is 0. The second-order valence-electron chi connectivity index (χ2n) is 4.57. The maximum Gasteiger partial charge on any atom is 0.263 e. The molecule has 0 aliphatic rings. The first-order valence-corrected chi connectivity index (χ1v) is 7.02. The van der Waals surface area contributed by atoms with E-state index in [0.29, 0.717) is 0 Å². The molecular formula is C13H12N4O4S2. The van der Waals surface area contributed by atoms with E-state index in [2.05, 4.69) is 15.7 Å². The van der Waals surface area contributed by atoms with E-state index >= 15 is 0 Å². The molecule has 0 radical (unpaired) electrons. The van der Waals surface area contributed by atoms with Crippen molar-refractivity contribution in [3.63, 3.8) is 0 Å². The molecule has 0 aromatic carbocycles. The molecule has 0 bridgehead atoms. The summed E-state index contributed by atoms with van der Waals surface area (Å²) in [5.74, 6) is -0.687. The summed E-state index contributed by atoms with van der Waals surface area (Å²) >= 11 is 9.70. The fourth-order valence-electron chi connectivity index (χ4n) is 1.72. The summed E-state index contributed by atoms with van der Waals surface area (Å²) in [6.07, 6.45) is 2.34. The highest BCUT2D eigenvalue weighted by Crippen LogP contribution is 2.14. The van der Waals surface area contributed by atoms with Crippen LogP contribution in [0.5, 0.6) is 11.8 Å². The third-order valence-electron chi connectivity index (χ3n) is 3.11. The highest BCUT2D eigenvalue weighted by Gasteiger charge is 2.08. The van der Waals surface area contributed by atoms with Crippen LogP contribution in [0.4, 0.5) is 0 Å². The Morgan fingerprint density at radius 2 is 1.26 bits per heavy atom. The number of hydrogen-bond acceptors (Lipinski definition) is 6. The standard InChI is InChI=1S/C13H12N4O4S2/c1-16-10(20)6(8(18)14-12(16)22)4-3-5-7-9(19)15-13(23)17(2)11(7)21/h4-5,20-21H,1-2H3,(H,14,18,22)(H,15,19,23). The van der Waals surface area contributed by atoms with Crippen LogP contribution < -0.4 is 11.1 Å². The summed E-state index contributed by atoms with van der Waals surface area (Å²) in [5.41, 5.74) is 1.20. The molecule has 10 heteroatoms. The molecule has 2 aromatic rings. The monoisotopic (exact) mass is 352 g/mol. The number of aromatic hydroxyl groups is 2. The quantitative estimate of drug-likeness (QED) is 0.472. The van der Waals surface area contributed by atoms with Crippen LogP contribution >= 0.6 is 24.4 Å². The van der Waals surface area contributed by atoms with Gasteiger partial charge in [-0.3, -0.25) is 28.7 Å². The zero-order chi connectivity index (χ0) is 17.3. The molecule has 0 saturated heterocycles. The Bertz CT molecular complexity index is 998. The number of nitrogens with zero attached hydrogens (tertiary/aromatic N) is 2. The first-order valence-electron chi connectivity index (χ1n) is 6.21. The van der Waals surface area contributed by atoms with Crippen LogP contribution in [0.1, 0.15) is 11.1 Å². The third-order valence-corrected chi connectivity index (χ3v) is 3.86. The molecule has 0 saturated carbocycles. The second-order valence-corrected chi connectivity index (χ2v) is 5.34. The van der Waals surface area contributed by atoms with Gasteiger partial charge in [0.1, 0.15) is 11.1 Å². The van der Waals surface area contributed by atoms with Gasteiger partial charge in [-0.1, -0.05) is 0 Å². The molecule has 0 amide bonds. The number of rotatable bonds is 2. The van der Waals surface area contributed by atoms with Gasteiger partial charge in [0.05, 0.1) is 0 Å². The van der Waals surface area contributed by atoms with Crippen LogP contribution in [0.25, 0.3) is 12.2 Å². The van der Waals surface area contributed by atoms with E-state index in [9.17, 15) is 19.8 Å². The van der Waals surface area contributed by atoms with Crippen LogP contribution in [0, 0.1) is 9.54 Å². The van der Waals surface area contributed by atoms with Crippen molar-refractivity contribution >= 4 is 36.6 Å². The van der Waals surface area contributed by atoms with E-state index in [4.69, 9.17) is 24.4 Å². The van der Waals surface area contributed by atoms with Crippen molar-refractivity contribution in [2.24, 2.45) is 14.1 Å². The van der Waals surface area contributed by atoms with E-state index in [1.165, 1.54) is 35.4 Å². The average Bonchev–Trinajstić information content (AvgIpc) is 2.49. The van der Waals surface area contributed by atoms with Crippen LogP contribution in [-0.4, -0.2) is 29.3 Å². The van der Waals surface area contributed by atoms with E-state index in [0.717, 1.165) is 0 Å². The summed E-state index contributed by atoms with van der Waals surface area (Å²) < 4.78 is 2.55. The van der Waals surface area contributed by atoms with Crippen LogP contribution in [0.15, 0.2) is 15.3 Å². The molecule has 120 valence electrons. The minimum Gasteiger partial charge on any atom is -0.494 e. The van der Waals surface area contributed by atoms with Crippen molar-refractivity contribution in [1.82, 2.24) is 19.1 Å². The van der Waals surface area contributed by atoms with Gasteiger partial charge in [0.25, 0.3) is 11.1 Å². The molecule has 8 nitrogen and oxygen atoms in total. The van der Waals surface area contributed by atoms with Crippen molar-refractivity contribution in [3.05, 3.63) is 47.1 Å². The maximum atomic E-state index is 11.8. The fraction of sp³-hybridized carbons (Fsp3) is 0.154. The molecule has 0 atom stereocenters. The predicted octanol–water partition coefficient (Wildman–Crippen LogP) is 0.936. The van der Waals surface area contributed by atoms with Crippen molar-refractivity contribution in [1.29, 1.82) is 0 Å². The molecule has 0 unspecified atom stereocenters. The van der Waals surface area contributed by atoms with Crippen molar-refractivity contribution in [3.8, 4) is 11.8 Å². The van der Waals surface area contributed by atoms with Crippen molar-refractivity contribution in [2.75, 3.05) is 0 Å². The third kappa shape index (κ3) is 3.09. The molecule has 0 aliphatic carbocycles. The first-order chi connectivity index (χ1) is 10.7. The predicted molar refractivity (Wildman–Crippen MR) is 89.5 cm³/mol. The molecule has 4 N–H and O–H groups in total. The van der Waals surface area contributed by atoms with Gasteiger partial charge in [0.2, 0.25) is 11.8 Å². The summed E-state index contributed by atoms with van der Waals surface area (Å²) in [6.45, 7) is 0. The molecular weight excluding hydrogens is 340 g/mol. The molecule has 2 rings (SSSR count). The molecule has 2 heterocycles. The Kier molecular flexibility index (Phi) is 4.50. The lowest BCUT2D eigenvalue weighted by molar-refractivity contribution is 0.419. The molecule has 0 aliphatic heterocycles. The van der Waals surface area contributed by atoms with Gasteiger partial charge in [-0.05, 0) is 36.6 Å². The number of aromatic nitrogens is 4. The second kappa shape index (κ2) is 6.21. The van der Waals surface area contributed by atoms with Gasteiger partial charge in [0.15, 0.2) is 9.54 Å². The Hall–Kier alpha value is -2.68. The lowest BCUT2D eigenvalue weighted by Gasteiger charge is -2.04. The largest absolute Gasteiger partial charge is 0.494 e. The van der Waals surface area contributed by atoms with Crippen LogP contribution in [0.2, 0.25) is 0 Å². The molecule has 2 aromatic heterocycles. The van der Waals surface area contributed by atoms with Gasteiger partial charge >= 0.3 is 0 Å². The van der Waals surface area contributed by atoms with Gasteiger partial charge < -0.3 is 10.2 Å². The van der Waals surface area contributed by atoms with Crippen LogP contribution in [0.3, 0.4) is 0 Å².